The van der Waals surface area contributed by atoms with E-state index in [4.69, 9.17) is 0 Å². The third-order valence-electron chi connectivity index (χ3n) is 6.33. The second-order valence-corrected chi connectivity index (χ2v) is 8.25. The number of carbonyl (C=O) groups is 1. The predicted molar refractivity (Wildman–Crippen MR) is 83.4 cm³/mol. The topological polar surface area (TPSA) is 26.8 Å². The zero-order valence-electron chi connectivity index (χ0n) is 13.9. The fourth-order valence-corrected chi connectivity index (χ4v) is 4.90. The number of nitrogens with zero attached hydrogens (tertiary/aromatic N) is 3. The molecule has 1 amide bonds. The number of likely N-dealkylation sites (tertiary alicyclic amines) is 3. The Balaban J connectivity index is 1.21. The van der Waals surface area contributed by atoms with Gasteiger partial charge in [0.05, 0.1) is 6.54 Å². The van der Waals surface area contributed by atoms with Crippen LogP contribution >= 0.6 is 0 Å². The zero-order chi connectivity index (χ0) is 16.2. The van der Waals surface area contributed by atoms with E-state index in [0.717, 1.165) is 52.1 Å². The molecule has 0 aromatic rings. The lowest BCUT2D eigenvalue weighted by molar-refractivity contribution is -0.168. The average Bonchev–Trinajstić information content (AvgIpc) is 2.32. The third-order valence-corrected chi connectivity index (χ3v) is 6.33. The molecular formula is C17H27F2N3O. The third kappa shape index (κ3) is 2.78. The van der Waals surface area contributed by atoms with Gasteiger partial charge in [-0.15, -0.1) is 0 Å². The summed E-state index contributed by atoms with van der Waals surface area (Å²) in [5.41, 5.74) is 0.379. The molecule has 4 aliphatic rings. The summed E-state index contributed by atoms with van der Waals surface area (Å²) in [6.45, 7) is 8.00. The van der Waals surface area contributed by atoms with Crippen LogP contribution in [0.3, 0.4) is 0 Å². The van der Waals surface area contributed by atoms with Gasteiger partial charge in [-0.25, -0.2) is 8.78 Å². The molecule has 0 aromatic carbocycles. The summed E-state index contributed by atoms with van der Waals surface area (Å²) in [5.74, 6) is -2.19. The molecule has 0 unspecified atom stereocenters. The highest BCUT2D eigenvalue weighted by Gasteiger charge is 2.54. The van der Waals surface area contributed by atoms with E-state index in [1.54, 1.807) is 0 Å². The van der Waals surface area contributed by atoms with Crippen LogP contribution in [0.2, 0.25) is 0 Å². The van der Waals surface area contributed by atoms with E-state index in [2.05, 4.69) is 11.8 Å². The van der Waals surface area contributed by atoms with Crippen LogP contribution in [-0.4, -0.2) is 78.4 Å². The molecule has 4 rings (SSSR count). The van der Waals surface area contributed by atoms with Gasteiger partial charge in [0.25, 0.3) is 5.92 Å². The summed E-state index contributed by atoms with van der Waals surface area (Å²) >= 11 is 0. The van der Waals surface area contributed by atoms with Crippen molar-refractivity contribution in [1.82, 2.24) is 14.7 Å². The van der Waals surface area contributed by atoms with E-state index < -0.39 is 5.92 Å². The summed E-state index contributed by atoms with van der Waals surface area (Å²) < 4.78 is 27.0. The number of alkyl halides is 2. The van der Waals surface area contributed by atoms with Crippen molar-refractivity contribution < 1.29 is 13.6 Å². The van der Waals surface area contributed by atoms with Crippen molar-refractivity contribution >= 4 is 5.91 Å². The molecule has 3 saturated heterocycles. The van der Waals surface area contributed by atoms with Crippen LogP contribution in [0, 0.1) is 11.3 Å². The number of halogens is 2. The molecule has 4 nitrogen and oxygen atoms in total. The van der Waals surface area contributed by atoms with Gasteiger partial charge < -0.3 is 9.80 Å². The minimum atomic E-state index is -2.54. The first-order chi connectivity index (χ1) is 10.9. The van der Waals surface area contributed by atoms with Gasteiger partial charge >= 0.3 is 0 Å². The monoisotopic (exact) mass is 327 g/mol. The highest BCUT2D eigenvalue weighted by molar-refractivity contribution is 5.81. The van der Waals surface area contributed by atoms with E-state index in [-0.39, 0.29) is 30.8 Å². The molecule has 1 spiro atoms. The summed E-state index contributed by atoms with van der Waals surface area (Å²) in [5, 5.41) is 0. The Bertz CT molecular complexity index is 478. The smallest absolute Gasteiger partial charge is 0.260 e. The van der Waals surface area contributed by atoms with Crippen molar-refractivity contribution in [3.05, 3.63) is 0 Å². The Morgan fingerprint density at radius 1 is 1.13 bits per heavy atom. The molecule has 23 heavy (non-hydrogen) atoms. The molecule has 0 radical (unpaired) electrons. The Labute approximate surface area is 136 Å². The van der Waals surface area contributed by atoms with Gasteiger partial charge in [-0.3, -0.25) is 9.69 Å². The molecule has 1 saturated carbocycles. The lowest BCUT2D eigenvalue weighted by Crippen LogP contribution is -2.73. The standard InChI is InChI=1S/C17H27F2N3O/c1-2-20-8-16(9-20)10-22(11-16)15(23)13-6-14(7-13)21-5-3-4-17(18,19)12-21/h13-14H,2-12H2,1H3. The van der Waals surface area contributed by atoms with Crippen LogP contribution in [0.15, 0.2) is 0 Å². The van der Waals surface area contributed by atoms with Crippen molar-refractivity contribution in [2.24, 2.45) is 11.3 Å². The maximum Gasteiger partial charge on any atom is 0.260 e. The molecule has 1 aliphatic carbocycles. The molecular weight excluding hydrogens is 300 g/mol. The number of amides is 1. The highest BCUT2D eigenvalue weighted by Crippen LogP contribution is 2.43. The normalized spacial score (nSPS) is 36.2. The number of carbonyl (C=O) groups excluding carboxylic acids is 1. The van der Waals surface area contributed by atoms with Crippen LogP contribution in [-0.2, 0) is 4.79 Å². The molecule has 4 fully saturated rings. The second kappa shape index (κ2) is 5.38. The molecule has 6 heteroatoms. The molecule has 3 aliphatic heterocycles. The van der Waals surface area contributed by atoms with E-state index in [0.29, 0.717) is 11.8 Å². The Hall–Kier alpha value is -0.750. The van der Waals surface area contributed by atoms with Crippen molar-refractivity contribution in [3.8, 4) is 0 Å². The molecule has 130 valence electrons. The molecule has 0 N–H and O–H groups in total. The van der Waals surface area contributed by atoms with E-state index >= 15 is 0 Å². The second-order valence-electron chi connectivity index (χ2n) is 8.25. The largest absolute Gasteiger partial charge is 0.341 e. The number of rotatable bonds is 3. The van der Waals surface area contributed by atoms with Gasteiger partial charge in [-0.05, 0) is 32.4 Å². The van der Waals surface area contributed by atoms with Gasteiger partial charge in [0, 0.05) is 50.0 Å². The first kappa shape index (κ1) is 15.8. The molecule has 0 bridgehead atoms. The van der Waals surface area contributed by atoms with Gasteiger partial charge in [0.15, 0.2) is 0 Å². The summed E-state index contributed by atoms with van der Waals surface area (Å²) in [7, 11) is 0. The zero-order valence-corrected chi connectivity index (χ0v) is 13.9. The average molecular weight is 327 g/mol. The molecule has 0 atom stereocenters. The Kier molecular flexibility index (Phi) is 3.69. The van der Waals surface area contributed by atoms with Gasteiger partial charge in [0.1, 0.15) is 0 Å². The predicted octanol–water partition coefficient (Wildman–Crippen LogP) is 1.66. The fraction of sp³-hybridized carbons (Fsp3) is 0.941. The Morgan fingerprint density at radius 2 is 1.83 bits per heavy atom. The van der Waals surface area contributed by atoms with Gasteiger partial charge in [0.2, 0.25) is 5.91 Å². The lowest BCUT2D eigenvalue weighted by Gasteiger charge is -2.61. The lowest BCUT2D eigenvalue weighted by atomic mass is 9.70. The van der Waals surface area contributed by atoms with Crippen molar-refractivity contribution in [2.75, 3.05) is 45.8 Å². The fourth-order valence-electron chi connectivity index (χ4n) is 4.90. The molecule has 0 aromatic heterocycles. The summed E-state index contributed by atoms with van der Waals surface area (Å²) in [6, 6.07) is 0.199. The first-order valence-electron chi connectivity index (χ1n) is 9.03. The van der Waals surface area contributed by atoms with Crippen molar-refractivity contribution in [3.63, 3.8) is 0 Å². The number of hydrogen-bond acceptors (Lipinski definition) is 3. The SMILES string of the molecule is CCN1CC2(C1)CN(C(=O)C1CC(N3CCCC(F)(F)C3)C1)C2. The molecule has 3 heterocycles. The van der Waals surface area contributed by atoms with Gasteiger partial charge in [-0.2, -0.15) is 0 Å². The van der Waals surface area contributed by atoms with E-state index in [1.807, 2.05) is 9.80 Å². The van der Waals surface area contributed by atoms with E-state index in [9.17, 15) is 13.6 Å². The first-order valence-corrected chi connectivity index (χ1v) is 9.03. The summed E-state index contributed by atoms with van der Waals surface area (Å²) in [4.78, 5) is 18.8. The highest BCUT2D eigenvalue weighted by atomic mass is 19.3. The van der Waals surface area contributed by atoms with Crippen LogP contribution < -0.4 is 0 Å². The number of piperidine rings is 1. The van der Waals surface area contributed by atoms with Crippen LogP contribution in [0.1, 0.15) is 32.6 Å². The minimum Gasteiger partial charge on any atom is -0.341 e. The van der Waals surface area contributed by atoms with Gasteiger partial charge in [-0.1, -0.05) is 6.92 Å². The van der Waals surface area contributed by atoms with Crippen molar-refractivity contribution in [2.45, 2.75) is 44.6 Å². The van der Waals surface area contributed by atoms with Crippen LogP contribution in [0.5, 0.6) is 0 Å². The maximum absolute atomic E-state index is 13.5. The van der Waals surface area contributed by atoms with Crippen molar-refractivity contribution in [1.29, 1.82) is 0 Å². The summed E-state index contributed by atoms with van der Waals surface area (Å²) in [6.07, 6.45) is 2.15. The maximum atomic E-state index is 13.5. The quantitative estimate of drug-likeness (QED) is 0.789. The van der Waals surface area contributed by atoms with Crippen LogP contribution in [0.25, 0.3) is 0 Å². The van der Waals surface area contributed by atoms with E-state index in [1.165, 1.54) is 0 Å². The Morgan fingerprint density at radius 3 is 2.43 bits per heavy atom. The van der Waals surface area contributed by atoms with Crippen LogP contribution in [0.4, 0.5) is 8.78 Å². The minimum absolute atomic E-state index is 0.0171. The number of hydrogen-bond donors (Lipinski definition) is 0.